The van der Waals surface area contributed by atoms with Crippen LogP contribution in [0, 0.1) is 0 Å². The molecule has 2 radical (unpaired) electrons. The van der Waals surface area contributed by atoms with Crippen LogP contribution in [0.5, 0.6) is 0 Å². The van der Waals surface area contributed by atoms with Gasteiger partial charge in [0.2, 0.25) is 0 Å². The van der Waals surface area contributed by atoms with Gasteiger partial charge in [-0.25, -0.2) is 0 Å². The van der Waals surface area contributed by atoms with Gasteiger partial charge in [0.05, 0.1) is 0 Å². The van der Waals surface area contributed by atoms with E-state index >= 15 is 0 Å². The molecule has 48 valence electrons. The van der Waals surface area contributed by atoms with E-state index in [1.165, 1.54) is 5.56 Å². The maximum atomic E-state index is 5.50. The molecule has 0 N–H and O–H groups in total. The minimum Gasteiger partial charge on any atom is -0.0966 e. The Balaban J connectivity index is 2.89. The average molecular weight is 128 g/mol. The Morgan fingerprint density at radius 1 is 1.20 bits per heavy atom. The zero-order valence-electron chi connectivity index (χ0n) is 6.04. The van der Waals surface area contributed by atoms with E-state index in [0.717, 1.165) is 5.46 Å². The van der Waals surface area contributed by atoms with E-state index in [9.17, 15) is 0 Å². The summed E-state index contributed by atoms with van der Waals surface area (Å²) in [4.78, 5) is 0. The van der Waals surface area contributed by atoms with Crippen molar-refractivity contribution in [3.05, 3.63) is 35.9 Å². The molecule has 1 rings (SSSR count). The van der Waals surface area contributed by atoms with Crippen LogP contribution in [0.3, 0.4) is 0 Å². The van der Waals surface area contributed by atoms with Gasteiger partial charge in [0.1, 0.15) is 7.85 Å². The highest BCUT2D eigenvalue weighted by Gasteiger charge is 1.83. The van der Waals surface area contributed by atoms with E-state index in [-0.39, 0.29) is 0 Å². The zero-order chi connectivity index (χ0) is 7.40. The highest BCUT2D eigenvalue weighted by atomic mass is 13.9. The number of allylic oxidation sites excluding steroid dienone is 1. The lowest BCUT2D eigenvalue weighted by Gasteiger charge is -1.92. The molecule has 0 atom stereocenters. The highest BCUT2D eigenvalue weighted by Crippen LogP contribution is 1.98. The standard InChI is InChI=1S/C9H9B/c1-2-3-8-4-6-9(10)7-5-8/h2-7H,1H3/b3-2-. The van der Waals surface area contributed by atoms with Gasteiger partial charge in [0.25, 0.3) is 0 Å². The number of rotatable bonds is 1. The Bertz CT molecular complexity index is 221. The van der Waals surface area contributed by atoms with Gasteiger partial charge in [-0.2, -0.15) is 0 Å². The molecule has 0 nitrogen and oxygen atoms in total. The number of hydrogen-bond acceptors (Lipinski definition) is 0. The average Bonchev–Trinajstić information content (AvgIpc) is 1.95. The number of benzene rings is 1. The summed E-state index contributed by atoms with van der Waals surface area (Å²) < 4.78 is 0. The Kier molecular flexibility index (Phi) is 2.32. The molecule has 0 unspecified atom stereocenters. The summed E-state index contributed by atoms with van der Waals surface area (Å²) in [6.45, 7) is 2.00. The molecule has 1 aromatic rings. The van der Waals surface area contributed by atoms with Crippen LogP contribution in [0.1, 0.15) is 12.5 Å². The Morgan fingerprint density at radius 3 is 2.30 bits per heavy atom. The molecule has 0 bridgehead atoms. The van der Waals surface area contributed by atoms with Gasteiger partial charge in [-0.15, -0.1) is 0 Å². The zero-order valence-corrected chi connectivity index (χ0v) is 6.04. The summed E-state index contributed by atoms with van der Waals surface area (Å²) in [5.41, 5.74) is 2.00. The topological polar surface area (TPSA) is 0 Å². The minimum atomic E-state index is 0.813. The molecular weight excluding hydrogens is 119 g/mol. The van der Waals surface area contributed by atoms with Crippen LogP contribution in [0.25, 0.3) is 6.08 Å². The van der Waals surface area contributed by atoms with E-state index in [1.807, 2.05) is 43.3 Å². The lowest BCUT2D eigenvalue weighted by molar-refractivity contribution is 1.68. The molecule has 0 fully saturated rings. The molecular formula is C9H9B. The van der Waals surface area contributed by atoms with Crippen molar-refractivity contribution in [3.8, 4) is 0 Å². The van der Waals surface area contributed by atoms with E-state index < -0.39 is 0 Å². The van der Waals surface area contributed by atoms with Crippen molar-refractivity contribution < 1.29 is 0 Å². The first-order chi connectivity index (χ1) is 4.83. The first kappa shape index (κ1) is 7.14. The highest BCUT2D eigenvalue weighted by molar-refractivity contribution is 6.32. The third kappa shape index (κ3) is 1.76. The van der Waals surface area contributed by atoms with Crippen LogP contribution in [0.4, 0.5) is 0 Å². The second-order valence-electron chi connectivity index (χ2n) is 2.17. The Morgan fingerprint density at radius 2 is 1.80 bits per heavy atom. The largest absolute Gasteiger partial charge is 0.113 e. The van der Waals surface area contributed by atoms with Gasteiger partial charge >= 0.3 is 0 Å². The van der Waals surface area contributed by atoms with E-state index in [0.29, 0.717) is 0 Å². The van der Waals surface area contributed by atoms with Gasteiger partial charge in [0, 0.05) is 0 Å². The lowest BCUT2D eigenvalue weighted by Crippen LogP contribution is -1.98. The molecule has 0 aliphatic carbocycles. The third-order valence-electron chi connectivity index (χ3n) is 1.30. The molecule has 1 heteroatoms. The summed E-state index contributed by atoms with van der Waals surface area (Å²) in [6, 6.07) is 7.79. The number of hydrogen-bond donors (Lipinski definition) is 0. The maximum Gasteiger partial charge on any atom is 0.113 e. The molecule has 0 saturated carbocycles. The van der Waals surface area contributed by atoms with Crippen molar-refractivity contribution in [2.24, 2.45) is 0 Å². The van der Waals surface area contributed by atoms with Crippen LogP contribution < -0.4 is 5.46 Å². The molecule has 0 heterocycles. The minimum absolute atomic E-state index is 0.813. The van der Waals surface area contributed by atoms with Gasteiger partial charge in [-0.1, -0.05) is 41.9 Å². The van der Waals surface area contributed by atoms with Gasteiger partial charge < -0.3 is 0 Å². The lowest BCUT2D eigenvalue weighted by atomic mass is 9.95. The molecule has 0 saturated heterocycles. The van der Waals surface area contributed by atoms with Gasteiger partial charge in [-0.05, 0) is 12.5 Å². The summed E-state index contributed by atoms with van der Waals surface area (Å²) in [6.07, 6.45) is 4.05. The van der Waals surface area contributed by atoms with Crippen LogP contribution >= 0.6 is 0 Å². The molecule has 0 aliphatic rings. The van der Waals surface area contributed by atoms with Crippen LogP contribution in [0.2, 0.25) is 0 Å². The summed E-state index contributed by atoms with van der Waals surface area (Å²) in [5, 5.41) is 0. The monoisotopic (exact) mass is 128 g/mol. The molecule has 1 aromatic carbocycles. The van der Waals surface area contributed by atoms with Crippen molar-refractivity contribution in [2.45, 2.75) is 6.92 Å². The fourth-order valence-electron chi connectivity index (χ4n) is 0.800. The van der Waals surface area contributed by atoms with Gasteiger partial charge in [-0.3, -0.25) is 0 Å². The second-order valence-corrected chi connectivity index (χ2v) is 2.17. The van der Waals surface area contributed by atoms with Crippen LogP contribution in [0.15, 0.2) is 30.3 Å². The predicted octanol–water partition coefficient (Wildman–Crippen LogP) is 1.51. The van der Waals surface area contributed by atoms with E-state index in [4.69, 9.17) is 7.85 Å². The molecule has 0 aromatic heterocycles. The summed E-state index contributed by atoms with van der Waals surface area (Å²) in [5.74, 6) is 0. The van der Waals surface area contributed by atoms with Crippen molar-refractivity contribution >= 4 is 19.4 Å². The normalized spacial score (nSPS) is 10.5. The Labute approximate surface area is 63.0 Å². The van der Waals surface area contributed by atoms with Crippen LogP contribution in [-0.4, -0.2) is 7.85 Å². The van der Waals surface area contributed by atoms with Crippen molar-refractivity contribution in [1.29, 1.82) is 0 Å². The maximum absolute atomic E-state index is 5.50. The third-order valence-corrected chi connectivity index (χ3v) is 1.30. The Hall–Kier alpha value is -0.975. The van der Waals surface area contributed by atoms with E-state index in [2.05, 4.69) is 0 Å². The first-order valence-corrected chi connectivity index (χ1v) is 3.31. The van der Waals surface area contributed by atoms with Crippen molar-refractivity contribution in [1.82, 2.24) is 0 Å². The molecule has 0 spiro atoms. The molecule has 0 amide bonds. The van der Waals surface area contributed by atoms with E-state index in [1.54, 1.807) is 0 Å². The predicted molar refractivity (Wildman–Crippen MR) is 46.5 cm³/mol. The van der Waals surface area contributed by atoms with Gasteiger partial charge in [0.15, 0.2) is 0 Å². The smallest absolute Gasteiger partial charge is 0.0966 e. The fourth-order valence-corrected chi connectivity index (χ4v) is 0.800. The fraction of sp³-hybridized carbons (Fsp3) is 0.111. The van der Waals surface area contributed by atoms with Crippen LogP contribution in [-0.2, 0) is 0 Å². The first-order valence-electron chi connectivity index (χ1n) is 3.31. The summed E-state index contributed by atoms with van der Waals surface area (Å²) >= 11 is 0. The molecule has 0 aliphatic heterocycles. The van der Waals surface area contributed by atoms with Crippen molar-refractivity contribution in [3.63, 3.8) is 0 Å². The summed E-state index contributed by atoms with van der Waals surface area (Å²) in [7, 11) is 5.50. The SMILES string of the molecule is [B]c1ccc(/C=C\C)cc1. The molecule has 10 heavy (non-hydrogen) atoms. The quantitative estimate of drug-likeness (QED) is 0.503. The second kappa shape index (κ2) is 3.26. The van der Waals surface area contributed by atoms with Crippen molar-refractivity contribution in [2.75, 3.05) is 0 Å².